The smallest absolute Gasteiger partial charge is 0.252 e. The van der Waals surface area contributed by atoms with E-state index in [0.29, 0.717) is 5.92 Å². The van der Waals surface area contributed by atoms with Gasteiger partial charge in [0, 0.05) is 56.2 Å². The van der Waals surface area contributed by atoms with Crippen molar-refractivity contribution in [2.75, 3.05) is 43.4 Å². The molecule has 3 aromatic rings. The van der Waals surface area contributed by atoms with Gasteiger partial charge in [-0.3, -0.25) is 9.36 Å². The average molecular weight is 496 g/mol. The van der Waals surface area contributed by atoms with E-state index in [4.69, 9.17) is 4.99 Å². The molecule has 2 aliphatic carbocycles. The van der Waals surface area contributed by atoms with Gasteiger partial charge in [0.05, 0.1) is 6.04 Å². The Morgan fingerprint density at radius 1 is 0.973 bits per heavy atom. The minimum Gasteiger partial charge on any atom is -0.369 e. The highest BCUT2D eigenvalue weighted by atomic mass is 16.1. The third-order valence-corrected chi connectivity index (χ3v) is 9.12. The van der Waals surface area contributed by atoms with Crippen LogP contribution in [-0.4, -0.2) is 48.4 Å². The third kappa shape index (κ3) is 3.89. The van der Waals surface area contributed by atoms with Crippen LogP contribution in [0.25, 0.3) is 6.08 Å². The van der Waals surface area contributed by atoms with Gasteiger partial charge in [-0.2, -0.15) is 0 Å². The molecule has 3 atom stereocenters. The molecule has 0 radical (unpaired) electrons. The molecule has 0 spiro atoms. The molecule has 7 rings (SSSR count). The largest absolute Gasteiger partial charge is 0.369 e. The molecule has 4 aliphatic rings. The summed E-state index contributed by atoms with van der Waals surface area (Å²) in [6, 6.07) is 21.2. The van der Waals surface area contributed by atoms with E-state index in [-0.39, 0.29) is 18.7 Å². The number of nitrogens with one attached hydrogen (secondary N) is 1. The average Bonchev–Trinajstić information content (AvgIpc) is 3.29. The number of nitrogens with zero attached hydrogens (tertiary/aromatic N) is 4. The summed E-state index contributed by atoms with van der Waals surface area (Å²) in [4.78, 5) is 23.6. The Balaban J connectivity index is 0.00000264. The predicted molar refractivity (Wildman–Crippen MR) is 151 cm³/mol. The molecule has 1 N–H and O–H groups in total. The number of benzene rings is 2. The molecule has 6 nitrogen and oxygen atoms in total. The Labute approximate surface area is 219 Å². The highest BCUT2D eigenvalue weighted by Gasteiger charge is 2.47. The van der Waals surface area contributed by atoms with Crippen molar-refractivity contribution in [2.24, 2.45) is 10.9 Å². The number of anilines is 2. The minimum absolute atomic E-state index is 0. The Bertz CT molecular complexity index is 1510. The van der Waals surface area contributed by atoms with E-state index in [9.17, 15) is 4.79 Å². The summed E-state index contributed by atoms with van der Waals surface area (Å²) < 4.78 is 1.98. The van der Waals surface area contributed by atoms with Crippen LogP contribution in [0.15, 0.2) is 70.5 Å². The molecule has 3 unspecified atom stereocenters. The summed E-state index contributed by atoms with van der Waals surface area (Å²) in [5.74, 6) is 0.427. The lowest BCUT2D eigenvalue weighted by Crippen LogP contribution is -2.54. The molecule has 37 heavy (non-hydrogen) atoms. The van der Waals surface area contributed by atoms with E-state index < -0.39 is 0 Å². The summed E-state index contributed by atoms with van der Waals surface area (Å²) in [5.41, 5.74) is 5.52. The van der Waals surface area contributed by atoms with Gasteiger partial charge in [-0.1, -0.05) is 30.3 Å². The highest BCUT2D eigenvalue weighted by Crippen LogP contribution is 2.45. The second-order valence-electron chi connectivity index (χ2n) is 11.2. The number of aryl methyl sites for hydroxylation is 1. The van der Waals surface area contributed by atoms with Gasteiger partial charge in [0.25, 0.3) is 5.56 Å². The quantitative estimate of drug-likeness (QED) is 0.603. The molecule has 6 heteroatoms. The fraction of sp³-hybridized carbons (Fsp3) is 0.419. The van der Waals surface area contributed by atoms with E-state index in [2.05, 4.69) is 76.8 Å². The van der Waals surface area contributed by atoms with Gasteiger partial charge in [-0.25, -0.2) is 4.99 Å². The lowest BCUT2D eigenvalue weighted by molar-refractivity contribution is 0.161. The number of aromatic nitrogens is 1. The molecule has 1 aromatic heterocycles. The second-order valence-corrected chi connectivity index (χ2v) is 11.2. The van der Waals surface area contributed by atoms with Gasteiger partial charge < -0.3 is 15.1 Å². The Kier molecular flexibility index (Phi) is 5.47. The zero-order valence-electron chi connectivity index (χ0n) is 21.6. The van der Waals surface area contributed by atoms with Crippen molar-refractivity contribution in [1.82, 2.24) is 9.47 Å². The van der Waals surface area contributed by atoms with Crippen molar-refractivity contribution in [3.05, 3.63) is 92.9 Å². The molecule has 3 heterocycles. The van der Waals surface area contributed by atoms with Gasteiger partial charge >= 0.3 is 0 Å². The van der Waals surface area contributed by atoms with Gasteiger partial charge in [-0.15, -0.1) is 0 Å². The van der Waals surface area contributed by atoms with Crippen LogP contribution < -0.4 is 26.5 Å². The van der Waals surface area contributed by atoms with Crippen molar-refractivity contribution in [2.45, 2.75) is 43.8 Å². The molecular weight excluding hydrogens is 458 g/mol. The van der Waals surface area contributed by atoms with Crippen LogP contribution in [0.1, 0.15) is 44.3 Å². The lowest BCUT2D eigenvalue weighted by Gasteiger charge is -2.47. The summed E-state index contributed by atoms with van der Waals surface area (Å²) in [6.07, 6.45) is 7.36. The third-order valence-electron chi connectivity index (χ3n) is 9.12. The molecule has 2 fully saturated rings. The van der Waals surface area contributed by atoms with Gasteiger partial charge in [0.2, 0.25) is 0 Å². The van der Waals surface area contributed by atoms with Crippen molar-refractivity contribution in [3.8, 4) is 0 Å². The standard InChI is InChI=1S/C31H35N5O.H2/c1-34-18-20-35(21-19-34)26-12-10-25(11-13-26)32-31-17-16-24(31)9-6-23-8-15-29(37)36(30(23)33-31)28-14-7-22-4-2-3-5-27(22)28;/h2-6,8,10-13,15,24,28,32H,7,9,14,16-21H2,1H3;1H. The summed E-state index contributed by atoms with van der Waals surface area (Å²) in [6.45, 7) is 4.34. The van der Waals surface area contributed by atoms with Gasteiger partial charge in [-0.05, 0) is 80.6 Å². The first-order valence-corrected chi connectivity index (χ1v) is 13.8. The minimum atomic E-state index is -0.370. The zero-order valence-corrected chi connectivity index (χ0v) is 21.6. The van der Waals surface area contributed by atoms with E-state index in [1.54, 1.807) is 6.07 Å². The molecule has 1 saturated carbocycles. The van der Waals surface area contributed by atoms with Crippen LogP contribution in [0.4, 0.5) is 11.4 Å². The molecule has 1 saturated heterocycles. The van der Waals surface area contributed by atoms with Crippen molar-refractivity contribution < 1.29 is 1.43 Å². The van der Waals surface area contributed by atoms with E-state index in [1.807, 2.05) is 10.6 Å². The monoisotopic (exact) mass is 495 g/mol. The SMILES string of the molecule is CN1CCN(c2ccc(NC34CCC3CC=c3ccc(=O)n(C5CCc6ccccc65)c3=N4)cc2)CC1.[HH]. The van der Waals surface area contributed by atoms with E-state index >= 15 is 0 Å². The van der Waals surface area contributed by atoms with Crippen molar-refractivity contribution >= 4 is 17.5 Å². The zero-order chi connectivity index (χ0) is 25.0. The van der Waals surface area contributed by atoms with Crippen LogP contribution in [0.5, 0.6) is 0 Å². The summed E-state index contributed by atoms with van der Waals surface area (Å²) >= 11 is 0. The molecule has 0 bridgehead atoms. The summed E-state index contributed by atoms with van der Waals surface area (Å²) in [5, 5.41) is 4.93. The topological polar surface area (TPSA) is 52.9 Å². The fourth-order valence-electron chi connectivity index (χ4n) is 6.74. The number of likely N-dealkylation sites (N-methyl/N-ethyl adjacent to an activating group) is 1. The first-order chi connectivity index (χ1) is 18.1. The maximum Gasteiger partial charge on any atom is 0.252 e. The van der Waals surface area contributed by atoms with Crippen molar-refractivity contribution in [1.29, 1.82) is 0 Å². The number of fused-ring (bicyclic) bond motifs is 3. The molecule has 2 aromatic carbocycles. The number of piperazine rings is 1. The fourth-order valence-corrected chi connectivity index (χ4v) is 6.74. The van der Waals surface area contributed by atoms with E-state index in [1.165, 1.54) is 16.8 Å². The first kappa shape index (κ1) is 22.8. The summed E-state index contributed by atoms with van der Waals surface area (Å²) in [7, 11) is 2.19. The van der Waals surface area contributed by atoms with Gasteiger partial charge in [0.15, 0.2) is 0 Å². The number of hydrogen-bond acceptors (Lipinski definition) is 5. The Morgan fingerprint density at radius 3 is 2.57 bits per heavy atom. The Hall–Kier alpha value is -3.38. The molecule has 0 amide bonds. The van der Waals surface area contributed by atoms with Crippen LogP contribution in [0.2, 0.25) is 0 Å². The lowest BCUT2D eigenvalue weighted by atomic mass is 9.71. The normalized spacial score (nSPS) is 26.6. The Morgan fingerprint density at radius 2 is 1.78 bits per heavy atom. The van der Waals surface area contributed by atoms with Crippen LogP contribution in [-0.2, 0) is 6.42 Å². The molecular formula is C31H37N5O. The maximum absolute atomic E-state index is 13.3. The van der Waals surface area contributed by atoms with Gasteiger partial charge in [0.1, 0.15) is 11.2 Å². The number of pyridine rings is 1. The number of hydrogen-bond donors (Lipinski definition) is 1. The maximum atomic E-state index is 13.3. The predicted octanol–water partition coefficient (Wildman–Crippen LogP) is 3.40. The second kappa shape index (κ2) is 8.88. The first-order valence-electron chi connectivity index (χ1n) is 13.8. The van der Waals surface area contributed by atoms with Crippen LogP contribution in [0, 0.1) is 5.92 Å². The molecule has 2 aliphatic heterocycles. The van der Waals surface area contributed by atoms with E-state index in [0.717, 1.165) is 74.7 Å². The highest BCUT2D eigenvalue weighted by molar-refractivity contribution is 5.57. The van der Waals surface area contributed by atoms with Crippen molar-refractivity contribution in [3.63, 3.8) is 0 Å². The number of rotatable bonds is 4. The molecule has 192 valence electrons. The van der Waals surface area contributed by atoms with Crippen LogP contribution in [0.3, 0.4) is 0 Å². The van der Waals surface area contributed by atoms with Crippen LogP contribution >= 0.6 is 0 Å².